The molecule has 364 valence electrons. The molecule has 0 spiro atoms. The third-order valence-corrected chi connectivity index (χ3v) is 14.8. The van der Waals surface area contributed by atoms with Crippen LogP contribution < -0.4 is 10.7 Å². The number of cyclic esters (lactones) is 1. The second kappa shape index (κ2) is 20.3. The number of aromatic nitrogens is 2. The average molecular weight is 930 g/mol. The Bertz CT molecular complexity index is 2650. The number of esters is 1. The summed E-state index contributed by atoms with van der Waals surface area (Å²) in [6.07, 6.45) is 6.72. The highest BCUT2D eigenvalue weighted by molar-refractivity contribution is 5.97. The largest absolute Gasteiger partial charge is 0.464 e. The first-order valence-corrected chi connectivity index (χ1v) is 24.3. The molecule has 8 rings (SSSR count). The molecule has 14 heteroatoms. The highest BCUT2D eigenvalue weighted by atomic mass is 16.5. The van der Waals surface area contributed by atoms with Crippen LogP contribution in [0.4, 0.5) is 0 Å². The molecule has 6 atom stereocenters. The van der Waals surface area contributed by atoms with E-state index in [1.54, 1.807) is 37.1 Å². The average Bonchev–Trinajstić information content (AvgIpc) is 4.08. The second-order valence-corrected chi connectivity index (χ2v) is 20.3. The molecule has 2 aromatic carbocycles. The summed E-state index contributed by atoms with van der Waals surface area (Å²) in [5.41, 5.74) is 10.4. The standard InChI is InChI=1S/C54H67N7O7.2H2/c1-9-15-46(62)60-30-33(2)42(31-60)51(64)59(7)48(36-17-10-11-18-36)50(63)56-44-27-35-16-12-19-37(26-35)38-22-23-45-40(28-38)41(49(58(45)6)39-20-13-24-55-47(39)34(3)67-8)29-54(4,5)32-68-53(66)43-21-14-25-61(57-43)52(44)65;;/h12-13,16,19-20,22-24,26,28,33-34,36,42-44,48,57H,10-11,14,17-18,21,25,27,29-32H2,1-8H3,(H,56,63);2*1H/t33-,34-,42+,43-,44-,48-;;/m0../s1. The number of hydrogen-bond acceptors (Lipinski definition) is 9. The summed E-state index contributed by atoms with van der Waals surface area (Å²) < 4.78 is 14.2. The number of likely N-dealkylation sites (N-methyl/N-ethyl adjacent to an activating group) is 1. The highest BCUT2D eigenvalue weighted by Gasteiger charge is 2.44. The number of methoxy groups -OCH3 is 1. The molecule has 1 aliphatic carbocycles. The molecule has 3 aliphatic heterocycles. The van der Waals surface area contributed by atoms with Gasteiger partial charge in [-0.05, 0) is 110 Å². The number of fused-ring (bicyclic) bond motifs is 6. The fourth-order valence-corrected chi connectivity index (χ4v) is 11.1. The van der Waals surface area contributed by atoms with Gasteiger partial charge in [0.25, 0.3) is 11.8 Å². The monoisotopic (exact) mass is 930 g/mol. The number of pyridine rings is 1. The molecule has 3 fully saturated rings. The van der Waals surface area contributed by atoms with Crippen LogP contribution in [0.1, 0.15) is 98.9 Å². The molecule has 14 nitrogen and oxygen atoms in total. The second-order valence-electron chi connectivity index (χ2n) is 20.3. The topological polar surface area (TPSA) is 155 Å². The Morgan fingerprint density at radius 2 is 1.79 bits per heavy atom. The molecule has 2 aromatic heterocycles. The summed E-state index contributed by atoms with van der Waals surface area (Å²) in [7, 11) is 5.44. The van der Waals surface area contributed by atoms with Crippen molar-refractivity contribution in [3.63, 3.8) is 0 Å². The molecule has 0 unspecified atom stereocenters. The van der Waals surface area contributed by atoms with Crippen LogP contribution in [-0.2, 0) is 53.3 Å². The zero-order valence-corrected chi connectivity index (χ0v) is 40.9. The number of ether oxygens (including phenoxy) is 2. The van der Waals surface area contributed by atoms with E-state index in [1.807, 2.05) is 32.0 Å². The van der Waals surface area contributed by atoms with E-state index >= 15 is 0 Å². The zero-order valence-electron chi connectivity index (χ0n) is 40.9. The number of likely N-dealkylation sites (tertiary alicyclic amines) is 1. The lowest BCUT2D eigenvalue weighted by Gasteiger charge is -2.37. The summed E-state index contributed by atoms with van der Waals surface area (Å²) >= 11 is 0. The SMILES string of the molecule is CC#CC(=O)N1C[C@H](C)[C@H](C(=O)N(C)[C@H](C(=O)N[C@H]2Cc3cccc(c3)-c3ccc4c(c3)c(c(-c3cccnc3[C@H](C)OC)n4C)CC(C)(C)COC(=O)[C@@H]3CCCN(N3)C2=O)C2CCCC2)C1.[HH].[HH]. The Morgan fingerprint density at radius 1 is 1.03 bits per heavy atom. The van der Waals surface area contributed by atoms with E-state index in [2.05, 4.69) is 84.4 Å². The molecular weight excluding hydrogens is 859 g/mol. The van der Waals surface area contributed by atoms with E-state index < -0.39 is 41.3 Å². The summed E-state index contributed by atoms with van der Waals surface area (Å²) in [5.74, 6) is 2.80. The molecule has 68 heavy (non-hydrogen) atoms. The van der Waals surface area contributed by atoms with Gasteiger partial charge in [-0.25, -0.2) is 5.43 Å². The van der Waals surface area contributed by atoms with Gasteiger partial charge in [-0.15, -0.1) is 0 Å². The van der Waals surface area contributed by atoms with Gasteiger partial charge in [0.15, 0.2) is 0 Å². The predicted molar refractivity (Wildman–Crippen MR) is 264 cm³/mol. The van der Waals surface area contributed by atoms with Crippen molar-refractivity contribution in [2.24, 2.45) is 30.2 Å². The third kappa shape index (κ3) is 9.92. The molecule has 4 aromatic rings. The Hall–Kier alpha value is -6.04. The highest BCUT2D eigenvalue weighted by Crippen LogP contribution is 2.41. The van der Waals surface area contributed by atoms with Crippen LogP contribution in [0.3, 0.4) is 0 Å². The summed E-state index contributed by atoms with van der Waals surface area (Å²) in [6.45, 7) is 10.9. The normalized spacial score (nSPS) is 23.0. The van der Waals surface area contributed by atoms with Crippen molar-refractivity contribution in [1.29, 1.82) is 0 Å². The van der Waals surface area contributed by atoms with Crippen LogP contribution in [0.15, 0.2) is 60.8 Å². The molecular formula is C54H71N7O7. The first kappa shape index (κ1) is 48.4. The maximum absolute atomic E-state index is 14.9. The Kier molecular flexibility index (Phi) is 14.4. The first-order valence-electron chi connectivity index (χ1n) is 24.3. The number of aryl methyl sites for hydroxylation is 1. The van der Waals surface area contributed by atoms with Gasteiger partial charge in [0.05, 0.1) is 30.0 Å². The Labute approximate surface area is 403 Å². The number of carbonyl (C=O) groups is 5. The predicted octanol–water partition coefficient (Wildman–Crippen LogP) is 6.89. The van der Waals surface area contributed by atoms with Crippen molar-refractivity contribution < 1.29 is 36.3 Å². The lowest BCUT2D eigenvalue weighted by Crippen LogP contribution is -2.62. The fourth-order valence-electron chi connectivity index (χ4n) is 11.1. The summed E-state index contributed by atoms with van der Waals surface area (Å²) in [6, 6.07) is 15.9. The summed E-state index contributed by atoms with van der Waals surface area (Å²) in [5, 5.41) is 5.69. The maximum atomic E-state index is 14.9. The van der Waals surface area contributed by atoms with Crippen LogP contribution in [0.2, 0.25) is 0 Å². The molecule has 5 heterocycles. The number of nitrogens with one attached hydrogen (secondary N) is 2. The minimum absolute atomic E-state index is 0. The van der Waals surface area contributed by atoms with Crippen LogP contribution in [-0.4, -0.2) is 112 Å². The number of hydrazine groups is 1. The van der Waals surface area contributed by atoms with E-state index in [4.69, 9.17) is 14.5 Å². The van der Waals surface area contributed by atoms with Crippen molar-refractivity contribution in [2.75, 3.05) is 40.4 Å². The minimum Gasteiger partial charge on any atom is -0.464 e. The van der Waals surface area contributed by atoms with Crippen LogP contribution in [0.25, 0.3) is 33.3 Å². The molecule has 2 N–H and O–H groups in total. The first-order chi connectivity index (χ1) is 32.6. The van der Waals surface area contributed by atoms with Gasteiger partial charge < -0.3 is 29.2 Å². The molecule has 1 saturated carbocycles. The third-order valence-electron chi connectivity index (χ3n) is 14.8. The smallest absolute Gasteiger partial charge is 0.324 e. The van der Waals surface area contributed by atoms with Gasteiger partial charge in [-0.1, -0.05) is 69.9 Å². The number of amides is 4. The van der Waals surface area contributed by atoms with Crippen molar-refractivity contribution in [1.82, 2.24) is 35.1 Å². The molecule has 0 radical (unpaired) electrons. The van der Waals surface area contributed by atoms with E-state index in [0.29, 0.717) is 32.4 Å². The van der Waals surface area contributed by atoms with Crippen LogP contribution in [0.5, 0.6) is 0 Å². The van der Waals surface area contributed by atoms with Gasteiger partial charge in [-0.3, -0.25) is 34.0 Å². The molecule has 4 amide bonds. The van der Waals surface area contributed by atoms with Crippen LogP contribution >= 0.6 is 0 Å². The number of rotatable bonds is 8. The minimum atomic E-state index is -1.04. The molecule has 4 aliphatic rings. The maximum Gasteiger partial charge on any atom is 0.324 e. The van der Waals surface area contributed by atoms with Gasteiger partial charge >= 0.3 is 5.97 Å². The van der Waals surface area contributed by atoms with E-state index in [-0.39, 0.29) is 58.1 Å². The zero-order chi connectivity index (χ0) is 48.4. The van der Waals surface area contributed by atoms with Gasteiger partial charge in [0, 0.05) is 78.2 Å². The number of nitrogens with zero attached hydrogens (tertiary/aromatic N) is 5. The number of hydrogen-bond donors (Lipinski definition) is 2. The van der Waals surface area contributed by atoms with Crippen molar-refractivity contribution >= 4 is 40.5 Å². The number of carbonyl (C=O) groups excluding carboxylic acids is 5. The van der Waals surface area contributed by atoms with E-state index in [1.165, 1.54) is 5.01 Å². The number of benzene rings is 2. The lowest BCUT2D eigenvalue weighted by atomic mass is 9.84. The lowest BCUT2D eigenvalue weighted by molar-refractivity contribution is -0.155. The van der Waals surface area contributed by atoms with E-state index in [0.717, 1.165) is 75.8 Å². The summed E-state index contributed by atoms with van der Waals surface area (Å²) in [4.78, 5) is 78.9. The van der Waals surface area contributed by atoms with Crippen molar-refractivity contribution in [3.8, 4) is 34.2 Å². The molecule has 2 saturated heterocycles. The Balaban J connectivity index is 0.00000402. The van der Waals surface area contributed by atoms with Gasteiger partial charge in [0.2, 0.25) is 11.8 Å². The molecule has 6 bridgehead atoms. The van der Waals surface area contributed by atoms with Gasteiger partial charge in [-0.2, -0.15) is 0 Å². The van der Waals surface area contributed by atoms with E-state index in [9.17, 15) is 24.0 Å². The van der Waals surface area contributed by atoms with Crippen molar-refractivity contribution in [2.45, 2.75) is 110 Å². The van der Waals surface area contributed by atoms with Crippen LogP contribution in [0, 0.1) is 35.0 Å². The van der Waals surface area contributed by atoms with Crippen molar-refractivity contribution in [3.05, 3.63) is 77.6 Å². The quantitative estimate of drug-likeness (QED) is 0.142. The van der Waals surface area contributed by atoms with Gasteiger partial charge in [0.1, 0.15) is 18.1 Å². The Morgan fingerprint density at radius 3 is 2.54 bits per heavy atom. The fraction of sp³-hybridized carbons (Fsp3) is 0.519.